The third-order valence-corrected chi connectivity index (χ3v) is 6.70. The molecule has 2 aliphatic rings. The van der Waals surface area contributed by atoms with E-state index < -0.39 is 18.0 Å². The normalized spacial score (nSPS) is 20.3. The highest BCUT2D eigenvalue weighted by molar-refractivity contribution is 6.00. The quantitative estimate of drug-likeness (QED) is 0.323. The molecule has 0 bridgehead atoms. The Labute approximate surface area is 232 Å². The fourth-order valence-electron chi connectivity index (χ4n) is 4.83. The zero-order chi connectivity index (χ0) is 28.2. The van der Waals surface area contributed by atoms with E-state index in [0.717, 1.165) is 16.8 Å². The number of nitrogens with zero attached hydrogens (tertiary/aromatic N) is 2. The summed E-state index contributed by atoms with van der Waals surface area (Å²) < 4.78 is 19.7. The van der Waals surface area contributed by atoms with E-state index in [-0.39, 0.29) is 23.5 Å². The maximum absolute atomic E-state index is 14.0. The van der Waals surface area contributed by atoms with Gasteiger partial charge < -0.3 is 25.6 Å². The molecule has 3 unspecified atom stereocenters. The smallest absolute Gasteiger partial charge is 0.257 e. The standard InChI is InChI=1S/C30H31FN6O3/c1-36(2)16-6-11-26(38)33-20-7-5-8-21(17-20)37-18-23(27-28(37)30(39)35-34-29(27)32)19-12-14-22(15-13-19)40-25-10-4-3-9-24(25)31/h3-15,17-18,27-29,34H,16,32H2,1-2H3,(H,33,38)(H,35,39)/b11-6+. The molecule has 9 nitrogen and oxygen atoms in total. The second-order valence-electron chi connectivity index (χ2n) is 9.88. The molecule has 0 aliphatic carbocycles. The minimum atomic E-state index is -0.605. The zero-order valence-electron chi connectivity index (χ0n) is 22.2. The number of carbonyl (C=O) groups is 2. The molecule has 3 aromatic carbocycles. The monoisotopic (exact) mass is 542 g/mol. The molecule has 206 valence electrons. The third kappa shape index (κ3) is 5.89. The Morgan fingerprint density at radius 1 is 1.12 bits per heavy atom. The molecule has 2 heterocycles. The van der Waals surface area contributed by atoms with Gasteiger partial charge >= 0.3 is 0 Å². The second-order valence-corrected chi connectivity index (χ2v) is 9.88. The molecule has 3 atom stereocenters. The summed E-state index contributed by atoms with van der Waals surface area (Å²) in [6.45, 7) is 0.650. The number of hydrogen-bond donors (Lipinski definition) is 4. The highest BCUT2D eigenvalue weighted by Crippen LogP contribution is 2.41. The number of halogens is 1. The van der Waals surface area contributed by atoms with Crippen LogP contribution in [-0.2, 0) is 9.59 Å². The molecular weight excluding hydrogens is 511 g/mol. The maximum Gasteiger partial charge on any atom is 0.257 e. The Hall–Kier alpha value is -4.51. The summed E-state index contributed by atoms with van der Waals surface area (Å²) in [6.07, 6.45) is 4.65. The molecule has 5 N–H and O–H groups in total. The van der Waals surface area contributed by atoms with Gasteiger partial charge in [0.05, 0.1) is 6.17 Å². The van der Waals surface area contributed by atoms with Gasteiger partial charge in [0.15, 0.2) is 11.6 Å². The zero-order valence-corrected chi connectivity index (χ0v) is 22.2. The van der Waals surface area contributed by atoms with Crippen LogP contribution < -0.4 is 31.5 Å². The van der Waals surface area contributed by atoms with Crippen molar-refractivity contribution in [2.45, 2.75) is 12.2 Å². The summed E-state index contributed by atoms with van der Waals surface area (Å²) in [4.78, 5) is 29.3. The molecule has 1 fully saturated rings. The van der Waals surface area contributed by atoms with Crippen LogP contribution >= 0.6 is 0 Å². The van der Waals surface area contributed by atoms with Gasteiger partial charge in [-0.15, -0.1) is 0 Å². The van der Waals surface area contributed by atoms with Gasteiger partial charge in [-0.05, 0) is 67.7 Å². The van der Waals surface area contributed by atoms with Gasteiger partial charge in [0, 0.05) is 36.1 Å². The van der Waals surface area contributed by atoms with Crippen molar-refractivity contribution in [1.82, 2.24) is 15.8 Å². The molecule has 0 spiro atoms. The lowest BCUT2D eigenvalue weighted by molar-refractivity contribution is -0.126. The SMILES string of the molecule is CN(C)C/C=C/C(=O)Nc1cccc(N2C=C(c3ccc(Oc4ccccc4F)cc3)C3C(N)NNC(=O)C32)c1. The number of anilines is 2. The van der Waals surface area contributed by atoms with Crippen LogP contribution in [0.15, 0.2) is 91.1 Å². The van der Waals surface area contributed by atoms with Crippen molar-refractivity contribution in [3.63, 3.8) is 0 Å². The fourth-order valence-corrected chi connectivity index (χ4v) is 4.83. The summed E-state index contributed by atoms with van der Waals surface area (Å²) in [5.41, 5.74) is 15.0. The van der Waals surface area contributed by atoms with Gasteiger partial charge in [0.25, 0.3) is 5.91 Å². The Bertz CT molecular complexity index is 1460. The van der Waals surface area contributed by atoms with Crippen molar-refractivity contribution in [2.24, 2.45) is 11.7 Å². The van der Waals surface area contributed by atoms with E-state index in [1.807, 2.05) is 60.4 Å². The lowest BCUT2D eigenvalue weighted by Gasteiger charge is -2.37. The molecule has 2 amide bonds. The number of fused-ring (bicyclic) bond motifs is 1. The van der Waals surface area contributed by atoms with E-state index in [9.17, 15) is 14.0 Å². The maximum atomic E-state index is 14.0. The molecule has 5 rings (SSSR count). The summed E-state index contributed by atoms with van der Waals surface area (Å²) in [7, 11) is 3.85. The van der Waals surface area contributed by atoms with E-state index in [4.69, 9.17) is 10.5 Å². The highest BCUT2D eigenvalue weighted by atomic mass is 19.1. The molecule has 10 heteroatoms. The third-order valence-electron chi connectivity index (χ3n) is 6.70. The van der Waals surface area contributed by atoms with Crippen molar-refractivity contribution >= 4 is 28.8 Å². The second kappa shape index (κ2) is 11.7. The average Bonchev–Trinajstić information content (AvgIpc) is 3.35. The van der Waals surface area contributed by atoms with Crippen LogP contribution in [0.5, 0.6) is 11.5 Å². The van der Waals surface area contributed by atoms with Crippen LogP contribution in [-0.4, -0.2) is 49.6 Å². The van der Waals surface area contributed by atoms with Gasteiger partial charge in [-0.1, -0.05) is 36.4 Å². The molecule has 2 aliphatic heterocycles. The molecular formula is C30H31FN6O3. The minimum absolute atomic E-state index is 0.136. The number of rotatable bonds is 8. The van der Waals surface area contributed by atoms with Gasteiger partial charge in [-0.2, -0.15) is 0 Å². The van der Waals surface area contributed by atoms with E-state index >= 15 is 0 Å². The predicted octanol–water partition coefficient (Wildman–Crippen LogP) is 3.44. The van der Waals surface area contributed by atoms with Gasteiger partial charge in [-0.3, -0.25) is 15.0 Å². The Balaban J connectivity index is 1.41. The number of nitrogens with two attached hydrogens (primary N) is 1. The average molecular weight is 543 g/mol. The van der Waals surface area contributed by atoms with Crippen LogP contribution in [0, 0.1) is 11.7 Å². The van der Waals surface area contributed by atoms with Gasteiger partial charge in [0.2, 0.25) is 5.91 Å². The minimum Gasteiger partial charge on any atom is -0.454 e. The fraction of sp³-hybridized carbons (Fsp3) is 0.200. The number of likely N-dealkylation sites (N-methyl/N-ethyl adjacent to an activating group) is 1. The van der Waals surface area contributed by atoms with Crippen LogP contribution in [0.4, 0.5) is 15.8 Å². The Morgan fingerprint density at radius 2 is 1.90 bits per heavy atom. The first-order chi connectivity index (χ1) is 19.3. The van der Waals surface area contributed by atoms with E-state index in [2.05, 4.69) is 16.2 Å². The van der Waals surface area contributed by atoms with E-state index in [1.54, 1.807) is 42.5 Å². The van der Waals surface area contributed by atoms with E-state index in [0.29, 0.717) is 18.0 Å². The number of carbonyl (C=O) groups excluding carboxylic acids is 2. The van der Waals surface area contributed by atoms with Crippen molar-refractivity contribution in [1.29, 1.82) is 0 Å². The first kappa shape index (κ1) is 27.1. The number of amides is 2. The Morgan fingerprint density at radius 3 is 2.65 bits per heavy atom. The number of nitrogens with one attached hydrogen (secondary N) is 3. The van der Waals surface area contributed by atoms with Gasteiger partial charge in [-0.25, -0.2) is 9.82 Å². The van der Waals surface area contributed by atoms with Crippen molar-refractivity contribution in [2.75, 3.05) is 30.9 Å². The molecule has 40 heavy (non-hydrogen) atoms. The predicted molar refractivity (Wildman–Crippen MR) is 153 cm³/mol. The van der Waals surface area contributed by atoms with Crippen molar-refractivity contribution in [3.05, 3.63) is 103 Å². The lowest BCUT2D eigenvalue weighted by Crippen LogP contribution is -2.66. The number of hydrogen-bond acceptors (Lipinski definition) is 7. The van der Waals surface area contributed by atoms with Crippen LogP contribution in [0.2, 0.25) is 0 Å². The van der Waals surface area contributed by atoms with Crippen molar-refractivity contribution < 1.29 is 18.7 Å². The molecule has 1 saturated heterocycles. The summed E-state index contributed by atoms with van der Waals surface area (Å²) in [6, 6.07) is 20.1. The van der Waals surface area contributed by atoms with Crippen molar-refractivity contribution in [3.8, 4) is 11.5 Å². The number of hydrazine groups is 1. The summed E-state index contributed by atoms with van der Waals surface area (Å²) >= 11 is 0. The van der Waals surface area contributed by atoms with Crippen LogP contribution in [0.25, 0.3) is 5.57 Å². The first-order valence-corrected chi connectivity index (χ1v) is 12.9. The van der Waals surface area contributed by atoms with E-state index in [1.165, 1.54) is 12.1 Å². The number of ether oxygens (including phenoxy) is 1. The molecule has 0 saturated carbocycles. The molecule has 0 aromatic heterocycles. The van der Waals surface area contributed by atoms with Crippen LogP contribution in [0.1, 0.15) is 5.56 Å². The Kier molecular flexibility index (Phi) is 7.92. The largest absolute Gasteiger partial charge is 0.454 e. The first-order valence-electron chi connectivity index (χ1n) is 12.9. The molecule has 3 aromatic rings. The number of para-hydroxylation sites is 1. The lowest BCUT2D eigenvalue weighted by atomic mass is 9.86. The number of benzene rings is 3. The highest BCUT2D eigenvalue weighted by Gasteiger charge is 2.47. The summed E-state index contributed by atoms with van der Waals surface area (Å²) in [5, 5.41) is 2.87. The van der Waals surface area contributed by atoms with Gasteiger partial charge in [0.1, 0.15) is 11.8 Å². The molecule has 0 radical (unpaired) electrons. The topological polar surface area (TPSA) is 112 Å². The van der Waals surface area contributed by atoms with Crippen LogP contribution in [0.3, 0.4) is 0 Å². The summed E-state index contributed by atoms with van der Waals surface area (Å²) in [5.74, 6) is -0.659.